The van der Waals surface area contributed by atoms with Gasteiger partial charge in [0.05, 0.1) is 12.6 Å². The number of carbonyl (C=O) groups is 7. The smallest absolute Gasteiger partial charge is 0.326 e. The highest BCUT2D eigenvalue weighted by molar-refractivity contribution is 5.95. The number of primary amides is 1. The number of hydrogen-bond donors (Lipinski definition) is 9. The van der Waals surface area contributed by atoms with Crippen molar-refractivity contribution in [3.05, 3.63) is 0 Å². The van der Waals surface area contributed by atoms with Gasteiger partial charge in [-0.05, 0) is 57.4 Å². The Balaban J connectivity index is 5.44. The topological polar surface area (TPSA) is 278 Å². The van der Waals surface area contributed by atoms with E-state index in [-0.39, 0.29) is 37.5 Å². The largest absolute Gasteiger partial charge is 0.480 e. The van der Waals surface area contributed by atoms with Crippen molar-refractivity contribution in [2.75, 3.05) is 13.1 Å². The van der Waals surface area contributed by atoms with Crippen molar-refractivity contribution in [1.29, 1.82) is 0 Å². The molecule has 0 radical (unpaired) electrons. The van der Waals surface area contributed by atoms with Crippen molar-refractivity contribution in [2.45, 2.75) is 110 Å². The van der Waals surface area contributed by atoms with E-state index in [1.54, 1.807) is 13.8 Å². The number of nitrogens with one attached hydrogen (secondary N) is 5. The lowest BCUT2D eigenvalue weighted by molar-refractivity contribution is -0.142. The minimum Gasteiger partial charge on any atom is -0.480 e. The quantitative estimate of drug-likeness (QED) is 0.0592. The molecule has 44 heavy (non-hydrogen) atoms. The molecule has 12 N–H and O–H groups in total. The molecule has 16 heteroatoms. The second-order valence-corrected chi connectivity index (χ2v) is 11.4. The fourth-order valence-electron chi connectivity index (χ4n) is 4.01. The summed E-state index contributed by atoms with van der Waals surface area (Å²) in [6.45, 7) is 8.61. The lowest BCUT2D eigenvalue weighted by atomic mass is 9.99. The Morgan fingerprint density at radius 3 is 1.86 bits per heavy atom. The van der Waals surface area contributed by atoms with Gasteiger partial charge in [0.25, 0.3) is 0 Å². The molecule has 0 rings (SSSR count). The van der Waals surface area contributed by atoms with Gasteiger partial charge in [-0.3, -0.25) is 28.8 Å². The average Bonchev–Trinajstić information content (AvgIpc) is 2.95. The summed E-state index contributed by atoms with van der Waals surface area (Å²) in [7, 11) is 0. The van der Waals surface area contributed by atoms with Gasteiger partial charge in [-0.15, -0.1) is 0 Å². The summed E-state index contributed by atoms with van der Waals surface area (Å²) in [4.78, 5) is 86.4. The van der Waals surface area contributed by atoms with Gasteiger partial charge in [0.15, 0.2) is 0 Å². The summed E-state index contributed by atoms with van der Waals surface area (Å²) in [6.07, 6.45) is 1.55. The first-order valence-electron chi connectivity index (χ1n) is 15.0. The summed E-state index contributed by atoms with van der Waals surface area (Å²) < 4.78 is 0. The molecule has 0 spiro atoms. The number of amides is 6. The molecule has 6 amide bonds. The second kappa shape index (κ2) is 21.0. The molecule has 0 heterocycles. The van der Waals surface area contributed by atoms with Gasteiger partial charge < -0.3 is 48.9 Å². The van der Waals surface area contributed by atoms with Crippen LogP contribution in [0.3, 0.4) is 0 Å². The molecule has 0 aromatic carbocycles. The van der Waals surface area contributed by atoms with Crippen molar-refractivity contribution in [3.8, 4) is 0 Å². The Kier molecular flexibility index (Phi) is 19.2. The molecule has 6 atom stereocenters. The highest BCUT2D eigenvalue weighted by Gasteiger charge is 2.30. The van der Waals surface area contributed by atoms with Gasteiger partial charge in [-0.2, -0.15) is 0 Å². The highest BCUT2D eigenvalue weighted by atomic mass is 16.4. The molecule has 0 saturated heterocycles. The van der Waals surface area contributed by atoms with E-state index in [2.05, 4.69) is 26.6 Å². The number of aliphatic carboxylic acids is 1. The number of unbranched alkanes of at least 4 members (excludes halogenated alkanes) is 1. The predicted molar refractivity (Wildman–Crippen MR) is 162 cm³/mol. The Morgan fingerprint density at radius 2 is 1.34 bits per heavy atom. The normalized spacial score (nSPS) is 15.1. The molecule has 16 nitrogen and oxygen atoms in total. The van der Waals surface area contributed by atoms with Gasteiger partial charge in [0.1, 0.15) is 24.2 Å². The first kappa shape index (κ1) is 40.2. The zero-order valence-electron chi connectivity index (χ0n) is 26.4. The zero-order chi connectivity index (χ0) is 34.0. The maximum atomic E-state index is 13.3. The second-order valence-electron chi connectivity index (χ2n) is 11.4. The van der Waals surface area contributed by atoms with E-state index in [1.165, 1.54) is 6.92 Å². The summed E-state index contributed by atoms with van der Waals surface area (Å²) in [5, 5.41) is 21.8. The third-order valence-corrected chi connectivity index (χ3v) is 6.97. The van der Waals surface area contributed by atoms with Crippen LogP contribution in [0.1, 0.15) is 79.6 Å². The molecule has 0 fully saturated rings. The molecule has 0 aromatic heterocycles. The maximum Gasteiger partial charge on any atom is 0.326 e. The molecule has 0 saturated carbocycles. The average molecular weight is 629 g/mol. The van der Waals surface area contributed by atoms with Crippen LogP contribution in [-0.4, -0.2) is 89.8 Å². The number of nitrogens with two attached hydrogens (primary N) is 3. The number of carboxylic acids is 1. The monoisotopic (exact) mass is 628 g/mol. The molecule has 0 aliphatic carbocycles. The Morgan fingerprint density at radius 1 is 0.750 bits per heavy atom. The Hall–Kier alpha value is -3.79. The van der Waals surface area contributed by atoms with E-state index in [9.17, 15) is 38.7 Å². The number of carbonyl (C=O) groups excluding carboxylic acids is 6. The SMILES string of the molecule is CC[C@H](C)[C@H](N)C(=O)N[C@@H](C)C(=O)NCC(=O)N[C@@H](CCCCN)C(=O)N[C@@H](CC(C)C)C(=O)N[C@@H](CCC(N)=O)C(=O)O. The molecule has 0 bridgehead atoms. The van der Waals surface area contributed by atoms with Gasteiger partial charge >= 0.3 is 5.97 Å². The zero-order valence-corrected chi connectivity index (χ0v) is 26.4. The molecular formula is C28H52N8O8. The van der Waals surface area contributed by atoms with E-state index in [0.29, 0.717) is 25.8 Å². The molecule has 0 aliphatic heterocycles. The molecule has 0 aliphatic rings. The van der Waals surface area contributed by atoms with Crippen molar-refractivity contribution in [2.24, 2.45) is 29.0 Å². The van der Waals surface area contributed by atoms with Crippen LogP contribution in [-0.2, 0) is 33.6 Å². The predicted octanol–water partition coefficient (Wildman–Crippen LogP) is -2.04. The van der Waals surface area contributed by atoms with Crippen LogP contribution in [0.25, 0.3) is 0 Å². The van der Waals surface area contributed by atoms with Crippen molar-refractivity contribution >= 4 is 41.4 Å². The van der Waals surface area contributed by atoms with Crippen LogP contribution in [0, 0.1) is 11.8 Å². The van der Waals surface area contributed by atoms with E-state index in [1.807, 2.05) is 13.8 Å². The third-order valence-electron chi connectivity index (χ3n) is 6.97. The lowest BCUT2D eigenvalue weighted by Gasteiger charge is -2.25. The van der Waals surface area contributed by atoms with Crippen molar-refractivity contribution in [3.63, 3.8) is 0 Å². The summed E-state index contributed by atoms with van der Waals surface area (Å²) >= 11 is 0. The van der Waals surface area contributed by atoms with Crippen molar-refractivity contribution < 1.29 is 38.7 Å². The third kappa shape index (κ3) is 16.2. The standard InChI is InChI=1S/C28H52N8O8/c1-6-16(4)23(31)27(42)33-17(5)24(39)32-14-22(38)34-18(9-7-8-12-29)25(40)36-20(13-15(2)3)26(41)35-19(28(43)44)10-11-21(30)37/h15-20,23H,6-14,29,31H2,1-5H3,(H2,30,37)(H,32,39)(H,33,42)(H,34,38)(H,35,41)(H,36,40)(H,43,44)/t16-,17-,18-,19-,20-,23-/m0/s1. The van der Waals surface area contributed by atoms with Crippen LogP contribution >= 0.6 is 0 Å². The maximum absolute atomic E-state index is 13.3. The minimum absolute atomic E-state index is 0.0809. The van der Waals surface area contributed by atoms with Crippen LogP contribution in [0.5, 0.6) is 0 Å². The van der Waals surface area contributed by atoms with Gasteiger partial charge in [0, 0.05) is 6.42 Å². The molecular weight excluding hydrogens is 576 g/mol. The van der Waals surface area contributed by atoms with Crippen LogP contribution in [0.2, 0.25) is 0 Å². The minimum atomic E-state index is -1.40. The summed E-state index contributed by atoms with van der Waals surface area (Å²) in [6, 6.07) is -5.40. The van der Waals surface area contributed by atoms with Crippen LogP contribution < -0.4 is 43.8 Å². The Labute approximate surface area is 258 Å². The van der Waals surface area contributed by atoms with E-state index in [0.717, 1.165) is 0 Å². The van der Waals surface area contributed by atoms with E-state index in [4.69, 9.17) is 17.2 Å². The van der Waals surface area contributed by atoms with Gasteiger partial charge in [0.2, 0.25) is 35.4 Å². The fourth-order valence-corrected chi connectivity index (χ4v) is 4.01. The number of carboxylic acid groups (broad SMARTS) is 1. The molecule has 252 valence electrons. The Bertz CT molecular complexity index is 993. The van der Waals surface area contributed by atoms with Crippen LogP contribution in [0.15, 0.2) is 0 Å². The number of hydrogen-bond acceptors (Lipinski definition) is 9. The summed E-state index contributed by atoms with van der Waals surface area (Å²) in [5.41, 5.74) is 16.6. The highest BCUT2D eigenvalue weighted by Crippen LogP contribution is 2.09. The van der Waals surface area contributed by atoms with Crippen molar-refractivity contribution in [1.82, 2.24) is 26.6 Å². The fraction of sp³-hybridized carbons (Fsp3) is 0.750. The summed E-state index contributed by atoms with van der Waals surface area (Å²) in [5.74, 6) is -5.54. The van der Waals surface area contributed by atoms with Crippen LogP contribution in [0.4, 0.5) is 0 Å². The van der Waals surface area contributed by atoms with E-state index < -0.39 is 78.2 Å². The molecule has 0 aromatic rings. The first-order chi connectivity index (χ1) is 20.5. The van der Waals surface area contributed by atoms with Gasteiger partial charge in [-0.1, -0.05) is 34.1 Å². The number of rotatable bonds is 22. The molecule has 0 unspecified atom stereocenters. The van der Waals surface area contributed by atoms with Gasteiger partial charge in [-0.25, -0.2) is 4.79 Å². The lowest BCUT2D eigenvalue weighted by Crippen LogP contribution is -2.57. The van der Waals surface area contributed by atoms with E-state index >= 15 is 0 Å². The first-order valence-corrected chi connectivity index (χ1v) is 15.0.